The lowest BCUT2D eigenvalue weighted by Crippen LogP contribution is -2.47. The summed E-state index contributed by atoms with van der Waals surface area (Å²) in [5, 5.41) is 15.1. The molecule has 1 aromatic rings. The van der Waals surface area contributed by atoms with E-state index in [0.717, 1.165) is 0 Å². The molecule has 0 aromatic heterocycles. The summed E-state index contributed by atoms with van der Waals surface area (Å²) >= 11 is 0. The summed E-state index contributed by atoms with van der Waals surface area (Å²) < 4.78 is 43.2. The molecular formula is C21H30F3N3O4. The maximum atomic E-state index is 13.0. The highest BCUT2D eigenvalue weighted by molar-refractivity contribution is 5.91. The highest BCUT2D eigenvalue weighted by atomic mass is 19.4. The van der Waals surface area contributed by atoms with Crippen LogP contribution in [0.3, 0.4) is 0 Å². The Morgan fingerprint density at radius 1 is 1.39 bits per heavy atom. The first-order valence-electron chi connectivity index (χ1n) is 10.2. The third-order valence-electron chi connectivity index (χ3n) is 5.24. The summed E-state index contributed by atoms with van der Waals surface area (Å²) in [4.78, 5) is 26.5. The molecule has 0 aliphatic carbocycles. The number of nitrogens with one attached hydrogen (secondary N) is 2. The van der Waals surface area contributed by atoms with E-state index in [9.17, 15) is 27.9 Å². The van der Waals surface area contributed by atoms with E-state index in [1.54, 1.807) is 37.1 Å². The summed E-state index contributed by atoms with van der Waals surface area (Å²) in [5.41, 5.74) is 0.811. The number of fused-ring (bicyclic) bond motifs is 1. The number of hydrogen-bond donors (Lipinski definition) is 3. The molecule has 2 rings (SSSR count). The maximum Gasteiger partial charge on any atom is 0.389 e. The number of carbonyl (C=O) groups is 2. The predicted molar refractivity (Wildman–Crippen MR) is 110 cm³/mol. The Labute approximate surface area is 179 Å². The van der Waals surface area contributed by atoms with Crippen LogP contribution in [-0.4, -0.2) is 66.9 Å². The van der Waals surface area contributed by atoms with Gasteiger partial charge in [0.2, 0.25) is 11.8 Å². The molecule has 0 unspecified atom stereocenters. The molecule has 1 aromatic carbocycles. The average Bonchev–Trinajstić information content (AvgIpc) is 2.74. The summed E-state index contributed by atoms with van der Waals surface area (Å²) in [5.74, 6) is -0.515. The molecule has 3 atom stereocenters. The number of aliphatic hydroxyl groups is 1. The molecule has 10 heteroatoms. The molecule has 174 valence electrons. The monoisotopic (exact) mass is 445 g/mol. The first-order valence-corrected chi connectivity index (χ1v) is 10.2. The molecular weight excluding hydrogens is 415 g/mol. The molecule has 0 radical (unpaired) electrons. The van der Waals surface area contributed by atoms with Crippen molar-refractivity contribution in [3.05, 3.63) is 23.8 Å². The highest BCUT2D eigenvalue weighted by Gasteiger charge is 2.30. The number of aliphatic hydroxyl groups excluding tert-OH is 1. The summed E-state index contributed by atoms with van der Waals surface area (Å²) in [6, 6.07) is 4.33. The zero-order valence-corrected chi connectivity index (χ0v) is 18.0. The van der Waals surface area contributed by atoms with E-state index in [1.165, 1.54) is 0 Å². The van der Waals surface area contributed by atoms with Gasteiger partial charge < -0.3 is 25.4 Å². The molecule has 0 fully saturated rings. The van der Waals surface area contributed by atoms with Crippen LogP contribution >= 0.6 is 0 Å². The van der Waals surface area contributed by atoms with Gasteiger partial charge in [-0.2, -0.15) is 13.2 Å². The lowest BCUT2D eigenvalue weighted by Gasteiger charge is -2.32. The number of ether oxygens (including phenoxy) is 1. The van der Waals surface area contributed by atoms with Gasteiger partial charge >= 0.3 is 6.18 Å². The molecule has 3 N–H and O–H groups in total. The zero-order valence-electron chi connectivity index (χ0n) is 18.0. The fraction of sp³-hybridized carbons (Fsp3) is 0.619. The Morgan fingerprint density at radius 2 is 2.10 bits per heavy atom. The molecule has 0 bridgehead atoms. The number of carbonyl (C=O) groups excluding carboxylic acids is 2. The normalized spacial score (nSPS) is 20.7. The van der Waals surface area contributed by atoms with Crippen molar-refractivity contribution in [2.45, 2.75) is 51.4 Å². The van der Waals surface area contributed by atoms with E-state index < -0.39 is 24.9 Å². The standard InChI is InChI=1S/C21H30F3N3O4/c1-13-11-27(14(2)12-28)20(30)9-15-8-16(26-19(29)6-7-21(22,23)24)4-5-17(15)31-18(13)10-25-3/h4-5,8,13-14,18,25,28H,6-7,9-12H2,1-3H3,(H,26,29)/t13-,14-,18+/m0/s1. The lowest BCUT2D eigenvalue weighted by atomic mass is 10.0. The summed E-state index contributed by atoms with van der Waals surface area (Å²) in [6.07, 6.45) is -6.57. The van der Waals surface area contributed by atoms with Crippen LogP contribution in [0.15, 0.2) is 18.2 Å². The smallest absolute Gasteiger partial charge is 0.389 e. The lowest BCUT2D eigenvalue weighted by molar-refractivity contribution is -0.142. The highest BCUT2D eigenvalue weighted by Crippen LogP contribution is 2.29. The predicted octanol–water partition coefficient (Wildman–Crippen LogP) is 2.34. The molecule has 1 heterocycles. The maximum absolute atomic E-state index is 13.0. The van der Waals surface area contributed by atoms with Crippen LogP contribution in [0.25, 0.3) is 0 Å². The number of nitrogens with zero attached hydrogens (tertiary/aromatic N) is 1. The van der Waals surface area contributed by atoms with Crippen molar-refractivity contribution in [2.24, 2.45) is 5.92 Å². The number of halogens is 3. The fourth-order valence-corrected chi connectivity index (χ4v) is 3.43. The molecule has 0 saturated heterocycles. The molecule has 7 nitrogen and oxygen atoms in total. The third-order valence-corrected chi connectivity index (χ3v) is 5.24. The van der Waals surface area contributed by atoms with Crippen molar-refractivity contribution in [1.82, 2.24) is 10.2 Å². The quantitative estimate of drug-likeness (QED) is 0.599. The Morgan fingerprint density at radius 3 is 2.71 bits per heavy atom. The summed E-state index contributed by atoms with van der Waals surface area (Å²) in [6.45, 7) is 4.48. The van der Waals surface area contributed by atoms with Gasteiger partial charge in [-0.05, 0) is 32.2 Å². The van der Waals surface area contributed by atoms with Gasteiger partial charge in [0.25, 0.3) is 0 Å². The van der Waals surface area contributed by atoms with E-state index in [1.807, 2.05) is 6.92 Å². The number of alkyl halides is 3. The van der Waals surface area contributed by atoms with Gasteiger partial charge in [0, 0.05) is 36.7 Å². The molecule has 31 heavy (non-hydrogen) atoms. The van der Waals surface area contributed by atoms with Crippen LogP contribution in [0.2, 0.25) is 0 Å². The second-order valence-corrected chi connectivity index (χ2v) is 7.93. The second kappa shape index (κ2) is 10.8. The van der Waals surface area contributed by atoms with Gasteiger partial charge in [0.05, 0.1) is 25.5 Å². The van der Waals surface area contributed by atoms with Crippen LogP contribution in [0.1, 0.15) is 32.3 Å². The van der Waals surface area contributed by atoms with Crippen molar-refractivity contribution in [3.8, 4) is 5.75 Å². The minimum absolute atomic E-state index is 0.0229. The largest absolute Gasteiger partial charge is 0.488 e. The average molecular weight is 445 g/mol. The van der Waals surface area contributed by atoms with E-state index in [-0.39, 0.29) is 37.0 Å². The van der Waals surface area contributed by atoms with Gasteiger partial charge in [-0.15, -0.1) is 0 Å². The van der Waals surface area contributed by atoms with E-state index >= 15 is 0 Å². The summed E-state index contributed by atoms with van der Waals surface area (Å²) in [7, 11) is 1.79. The van der Waals surface area contributed by atoms with Crippen LogP contribution in [0.4, 0.5) is 18.9 Å². The molecule has 1 aliphatic rings. The van der Waals surface area contributed by atoms with Crippen LogP contribution in [0, 0.1) is 5.92 Å². The third kappa shape index (κ3) is 7.39. The number of amides is 2. The van der Waals surface area contributed by atoms with E-state index in [2.05, 4.69) is 10.6 Å². The minimum atomic E-state index is -4.41. The van der Waals surface area contributed by atoms with E-state index in [0.29, 0.717) is 30.1 Å². The second-order valence-electron chi connectivity index (χ2n) is 7.93. The number of anilines is 1. The molecule has 0 saturated carbocycles. The number of rotatable bonds is 7. The first-order chi connectivity index (χ1) is 14.5. The van der Waals surface area contributed by atoms with Crippen molar-refractivity contribution >= 4 is 17.5 Å². The van der Waals surface area contributed by atoms with Gasteiger partial charge in [-0.3, -0.25) is 9.59 Å². The molecule has 1 aliphatic heterocycles. The van der Waals surface area contributed by atoms with Crippen molar-refractivity contribution in [3.63, 3.8) is 0 Å². The number of hydrogen-bond acceptors (Lipinski definition) is 5. The van der Waals surface area contributed by atoms with Crippen molar-refractivity contribution in [2.75, 3.05) is 32.1 Å². The van der Waals surface area contributed by atoms with E-state index in [4.69, 9.17) is 4.74 Å². The van der Waals surface area contributed by atoms with Gasteiger partial charge in [-0.25, -0.2) is 0 Å². The first kappa shape index (κ1) is 24.9. The Bertz CT molecular complexity index is 773. The van der Waals surface area contributed by atoms with Crippen LogP contribution < -0.4 is 15.4 Å². The zero-order chi connectivity index (χ0) is 23.2. The van der Waals surface area contributed by atoms with Crippen LogP contribution in [0.5, 0.6) is 5.75 Å². The number of likely N-dealkylation sites (N-methyl/N-ethyl adjacent to an activating group) is 1. The van der Waals surface area contributed by atoms with Crippen molar-refractivity contribution < 1.29 is 32.6 Å². The Hall–Kier alpha value is -2.33. The number of benzene rings is 1. The van der Waals surface area contributed by atoms with Gasteiger partial charge in [0.15, 0.2) is 0 Å². The molecule has 2 amide bonds. The fourth-order valence-electron chi connectivity index (χ4n) is 3.43. The topological polar surface area (TPSA) is 90.9 Å². The van der Waals surface area contributed by atoms with Gasteiger partial charge in [-0.1, -0.05) is 6.92 Å². The van der Waals surface area contributed by atoms with Crippen LogP contribution in [-0.2, 0) is 16.0 Å². The minimum Gasteiger partial charge on any atom is -0.488 e. The Balaban J connectivity index is 2.29. The van der Waals surface area contributed by atoms with Gasteiger partial charge in [0.1, 0.15) is 11.9 Å². The SMILES string of the molecule is CNC[C@H]1Oc2ccc(NC(=O)CCC(F)(F)F)cc2CC(=O)N([C@@H](C)CO)C[C@@H]1C. The van der Waals surface area contributed by atoms with Crippen molar-refractivity contribution in [1.29, 1.82) is 0 Å². The Kier molecular flexibility index (Phi) is 8.69. The molecule has 0 spiro atoms.